The molecule has 11 heteroatoms. The van der Waals surface area contributed by atoms with Crippen molar-refractivity contribution in [2.45, 2.75) is 44.1 Å². The Morgan fingerprint density at radius 3 is 2.51 bits per heavy atom. The number of benzene rings is 3. The Hall–Kier alpha value is -4.22. The van der Waals surface area contributed by atoms with Gasteiger partial charge < -0.3 is 24.6 Å². The highest BCUT2D eigenvalue weighted by atomic mass is 35.5. The number of fused-ring (bicyclic) bond motifs is 5. The molecule has 3 aliphatic carbocycles. The zero-order chi connectivity index (χ0) is 32.8. The molecule has 1 saturated heterocycles. The summed E-state index contributed by atoms with van der Waals surface area (Å²) in [5.41, 5.74) is -0.292. The number of halogens is 1. The van der Waals surface area contributed by atoms with E-state index in [2.05, 4.69) is 10.1 Å². The number of carbonyl (C=O) groups is 2. The molecule has 3 aromatic carbocycles. The third-order valence-corrected chi connectivity index (χ3v) is 10.9. The molecule has 10 nitrogen and oxygen atoms in total. The molecule has 1 aromatic heterocycles. The minimum Gasteiger partial charge on any atom is -0.507 e. The molecular weight excluding hydrogens is 622 g/mol. The molecule has 1 aliphatic heterocycles. The van der Waals surface area contributed by atoms with Gasteiger partial charge in [-0.2, -0.15) is 0 Å². The van der Waals surface area contributed by atoms with E-state index in [4.69, 9.17) is 20.9 Å². The van der Waals surface area contributed by atoms with Crippen LogP contribution >= 0.6 is 11.6 Å². The molecule has 0 unspecified atom stereocenters. The van der Waals surface area contributed by atoms with Gasteiger partial charge in [0.15, 0.2) is 11.4 Å². The van der Waals surface area contributed by atoms with E-state index in [1.54, 1.807) is 19.0 Å². The fraction of sp³-hybridized carbons (Fsp3) is 0.361. The quantitative estimate of drug-likeness (QED) is 0.237. The van der Waals surface area contributed by atoms with Crippen LogP contribution in [0.3, 0.4) is 0 Å². The third kappa shape index (κ3) is 4.39. The summed E-state index contributed by atoms with van der Waals surface area (Å²) in [6.07, 6.45) is 1.55. The fourth-order valence-corrected chi connectivity index (χ4v) is 8.35. The number of aliphatic hydroxyl groups excluding tert-OH is 1. The van der Waals surface area contributed by atoms with Gasteiger partial charge in [0.1, 0.15) is 23.7 Å². The minimum absolute atomic E-state index is 0.0650. The lowest BCUT2D eigenvalue weighted by Crippen LogP contribution is -2.63. The summed E-state index contributed by atoms with van der Waals surface area (Å²) in [5, 5.41) is 41.2. The second-order valence-corrected chi connectivity index (χ2v) is 13.7. The normalized spacial score (nSPS) is 25.3. The number of rotatable bonds is 6. The van der Waals surface area contributed by atoms with Crippen molar-refractivity contribution in [2.75, 3.05) is 27.2 Å². The molecule has 242 valence electrons. The second-order valence-electron chi connectivity index (χ2n) is 13.4. The van der Waals surface area contributed by atoms with Gasteiger partial charge in [-0.15, -0.1) is 0 Å². The molecule has 47 heavy (non-hydrogen) atoms. The molecule has 0 spiro atoms. The standard InChI is InChI=1S/C36H34ClN3O7/c1-39(2)29-24-15-20-14-23-26(30(41)22-13-19(16-40-11-6-12-40)9-10-21(22)28(23)37)31(42)25(20)33(43)36(24,45)34(44)27-32(29)47-38-35(27)46-17-18-7-4-3-5-8-18/h3-5,7-10,13,20,24,29,41-42,45H,6,11-12,14-17H2,1-2H3/t20-,24-,29-,36-/m0/s1. The number of hydrogen-bond donors (Lipinski definition) is 3. The molecular formula is C36H34ClN3O7. The minimum atomic E-state index is -2.53. The number of phenolic OH excluding ortho intramolecular Hbond substituents is 1. The second kappa shape index (κ2) is 10.9. The van der Waals surface area contributed by atoms with Crippen LogP contribution in [0.15, 0.2) is 58.6 Å². The van der Waals surface area contributed by atoms with Crippen molar-refractivity contribution in [2.24, 2.45) is 11.8 Å². The van der Waals surface area contributed by atoms with Crippen LogP contribution in [0.2, 0.25) is 5.02 Å². The van der Waals surface area contributed by atoms with Crippen LogP contribution in [0.5, 0.6) is 11.6 Å². The Bertz CT molecular complexity index is 2000. The summed E-state index contributed by atoms with van der Waals surface area (Å²) in [4.78, 5) is 32.8. The molecule has 0 radical (unpaired) electrons. The van der Waals surface area contributed by atoms with Gasteiger partial charge in [0.25, 0.3) is 5.88 Å². The first-order valence-electron chi connectivity index (χ1n) is 15.9. The molecule has 8 rings (SSSR count). The maximum Gasteiger partial charge on any atom is 0.265 e. The van der Waals surface area contributed by atoms with Crippen molar-refractivity contribution < 1.29 is 34.2 Å². The van der Waals surface area contributed by atoms with Crippen LogP contribution < -0.4 is 4.74 Å². The first-order valence-corrected chi connectivity index (χ1v) is 16.2. The summed E-state index contributed by atoms with van der Waals surface area (Å²) in [5.74, 6) is -3.82. The van der Waals surface area contributed by atoms with E-state index in [1.807, 2.05) is 48.5 Å². The predicted molar refractivity (Wildman–Crippen MR) is 173 cm³/mol. The average molecular weight is 656 g/mol. The molecule has 4 atom stereocenters. The number of phenols is 1. The van der Waals surface area contributed by atoms with E-state index in [-0.39, 0.29) is 53.5 Å². The molecule has 0 bridgehead atoms. The smallest absolute Gasteiger partial charge is 0.265 e. The summed E-state index contributed by atoms with van der Waals surface area (Å²) in [6, 6.07) is 14.4. The maximum absolute atomic E-state index is 14.5. The predicted octanol–water partition coefficient (Wildman–Crippen LogP) is 5.23. The monoisotopic (exact) mass is 655 g/mol. The van der Waals surface area contributed by atoms with Gasteiger partial charge in [0.05, 0.1) is 16.6 Å². The lowest BCUT2D eigenvalue weighted by Gasteiger charge is -2.49. The first kappa shape index (κ1) is 30.1. The van der Waals surface area contributed by atoms with Crippen LogP contribution in [-0.4, -0.2) is 74.6 Å². The van der Waals surface area contributed by atoms with Gasteiger partial charge in [-0.1, -0.05) is 54.1 Å². The Morgan fingerprint density at radius 2 is 1.81 bits per heavy atom. The highest BCUT2D eigenvalue weighted by Crippen LogP contribution is 2.57. The Labute approximate surface area is 275 Å². The van der Waals surface area contributed by atoms with Crippen molar-refractivity contribution in [3.63, 3.8) is 0 Å². The number of aromatic hydroxyl groups is 1. The van der Waals surface area contributed by atoms with Crippen LogP contribution in [0.1, 0.15) is 57.3 Å². The van der Waals surface area contributed by atoms with Crippen LogP contribution in [-0.2, 0) is 24.4 Å². The third-order valence-electron chi connectivity index (χ3n) is 10.4. The molecule has 2 heterocycles. The van der Waals surface area contributed by atoms with Crippen molar-refractivity contribution >= 4 is 39.7 Å². The summed E-state index contributed by atoms with van der Waals surface area (Å²) in [7, 11) is 3.55. The first-order chi connectivity index (χ1) is 22.6. The maximum atomic E-state index is 14.5. The topological polar surface area (TPSA) is 137 Å². The summed E-state index contributed by atoms with van der Waals surface area (Å²) < 4.78 is 11.6. The van der Waals surface area contributed by atoms with Crippen molar-refractivity contribution in [3.05, 3.63) is 92.7 Å². The largest absolute Gasteiger partial charge is 0.507 e. The molecule has 2 fully saturated rings. The Kier molecular flexibility index (Phi) is 7.00. The molecule has 0 amide bonds. The summed E-state index contributed by atoms with van der Waals surface area (Å²) in [6.45, 7) is 2.84. The van der Waals surface area contributed by atoms with Gasteiger partial charge >= 0.3 is 0 Å². The van der Waals surface area contributed by atoms with Crippen LogP contribution in [0.4, 0.5) is 0 Å². The van der Waals surface area contributed by atoms with Gasteiger partial charge in [0.2, 0.25) is 11.6 Å². The average Bonchev–Trinajstić information content (AvgIpc) is 3.46. The SMILES string of the molecule is CN(C)[C@@H]1c2onc(OCc3ccccc3)c2C(=O)[C@@]2(O)C(=O)C3=C(O)c4c(c(Cl)c5ccc(CN6CCC6)cc5c4O)C[C@H]3C[C@@H]12. The highest BCUT2D eigenvalue weighted by molar-refractivity contribution is 6.37. The lowest BCUT2D eigenvalue weighted by molar-refractivity contribution is -0.142. The zero-order valence-corrected chi connectivity index (χ0v) is 26.8. The number of hydrogen-bond acceptors (Lipinski definition) is 10. The number of nitrogens with zero attached hydrogens (tertiary/aromatic N) is 3. The fourth-order valence-electron chi connectivity index (χ4n) is 8.01. The van der Waals surface area contributed by atoms with Crippen molar-refractivity contribution in [1.82, 2.24) is 15.0 Å². The zero-order valence-electron chi connectivity index (χ0n) is 26.0. The highest BCUT2D eigenvalue weighted by Gasteiger charge is 2.65. The molecule has 1 saturated carbocycles. The Balaban J connectivity index is 1.22. The van der Waals surface area contributed by atoms with E-state index >= 15 is 0 Å². The number of ketones is 2. The van der Waals surface area contributed by atoms with Gasteiger partial charge in [-0.05, 0) is 80.3 Å². The number of Topliss-reactive ketones (excluding diaryl/α,β-unsaturated/α-hetero) is 2. The number of aromatic nitrogens is 1. The van der Waals surface area contributed by atoms with Crippen molar-refractivity contribution in [3.8, 4) is 11.6 Å². The molecule has 4 aromatic rings. The van der Waals surface area contributed by atoms with Gasteiger partial charge in [0, 0.05) is 28.8 Å². The van der Waals surface area contributed by atoms with E-state index in [1.165, 1.54) is 0 Å². The number of carbonyl (C=O) groups excluding carboxylic acids is 2. The number of ether oxygens (including phenoxy) is 1. The van der Waals surface area contributed by atoms with Crippen LogP contribution in [0, 0.1) is 11.8 Å². The number of likely N-dealkylation sites (tertiary alicyclic amines) is 1. The molecule has 4 aliphatic rings. The van der Waals surface area contributed by atoms with E-state index < -0.39 is 40.8 Å². The van der Waals surface area contributed by atoms with Crippen LogP contribution in [0.25, 0.3) is 16.5 Å². The van der Waals surface area contributed by atoms with E-state index in [9.17, 15) is 24.9 Å². The molecule has 3 N–H and O–H groups in total. The lowest BCUT2D eigenvalue weighted by atomic mass is 9.57. The van der Waals surface area contributed by atoms with E-state index in [0.717, 1.165) is 37.2 Å². The van der Waals surface area contributed by atoms with Crippen molar-refractivity contribution in [1.29, 1.82) is 0 Å². The van der Waals surface area contributed by atoms with E-state index in [0.29, 0.717) is 21.4 Å². The summed E-state index contributed by atoms with van der Waals surface area (Å²) >= 11 is 6.98. The van der Waals surface area contributed by atoms with Gasteiger partial charge in [-0.3, -0.25) is 19.4 Å². The Morgan fingerprint density at radius 1 is 1.04 bits per heavy atom. The van der Waals surface area contributed by atoms with Gasteiger partial charge in [-0.25, -0.2) is 0 Å². The number of aliphatic hydroxyl groups is 2.